The minimum absolute atomic E-state index is 0.0806. The van der Waals surface area contributed by atoms with Crippen LogP contribution in [0.25, 0.3) is 0 Å². The van der Waals surface area contributed by atoms with E-state index in [2.05, 4.69) is 72.1 Å². The van der Waals surface area contributed by atoms with Gasteiger partial charge in [-0.25, -0.2) is 0 Å². The summed E-state index contributed by atoms with van der Waals surface area (Å²) in [6.45, 7) is 18.2. The maximum absolute atomic E-state index is 13.5. The molecule has 0 aromatic heterocycles. The summed E-state index contributed by atoms with van der Waals surface area (Å²) in [5, 5.41) is 3.74. The standard InChI is InChI=1S/C26H39NO2SSi/c1-19(2)24(29-31(7,8)26(4,5)6)23(27-18-21-12-10-9-11-13-21)25(28)30-22-16-14-20(3)15-17-22/h9-17,19,23-24,27H,18H2,1-8H3/t23-,24+/m1/s1. The Kier molecular flexibility index (Phi) is 9.13. The summed E-state index contributed by atoms with van der Waals surface area (Å²) in [6, 6.07) is 18.0. The summed E-state index contributed by atoms with van der Waals surface area (Å²) >= 11 is 1.31. The van der Waals surface area contributed by atoms with Crippen LogP contribution in [0.5, 0.6) is 0 Å². The van der Waals surface area contributed by atoms with Crippen molar-refractivity contribution in [2.45, 2.75) is 83.3 Å². The lowest BCUT2D eigenvalue weighted by Gasteiger charge is -2.42. The quantitative estimate of drug-likeness (QED) is 0.331. The lowest BCUT2D eigenvalue weighted by atomic mass is 10.00. The largest absolute Gasteiger partial charge is 0.412 e. The van der Waals surface area contributed by atoms with E-state index in [0.717, 1.165) is 10.5 Å². The zero-order chi connectivity index (χ0) is 23.2. The molecule has 3 nitrogen and oxygen atoms in total. The SMILES string of the molecule is Cc1ccc(SC(=O)[C@H](NCc2ccccc2)[C@@H](O[Si](C)(C)C(C)(C)C)C(C)C)cc1. The highest BCUT2D eigenvalue weighted by atomic mass is 32.2. The van der Waals surface area contributed by atoms with Gasteiger partial charge in [0.25, 0.3) is 0 Å². The summed E-state index contributed by atoms with van der Waals surface area (Å²) < 4.78 is 6.83. The van der Waals surface area contributed by atoms with Gasteiger partial charge in [-0.05, 0) is 48.7 Å². The van der Waals surface area contributed by atoms with E-state index in [4.69, 9.17) is 4.43 Å². The first-order valence-electron chi connectivity index (χ1n) is 11.1. The van der Waals surface area contributed by atoms with Crippen molar-refractivity contribution in [1.82, 2.24) is 5.32 Å². The number of thioether (sulfide) groups is 1. The first kappa shape index (κ1) is 25.9. The van der Waals surface area contributed by atoms with Crippen LogP contribution >= 0.6 is 11.8 Å². The minimum Gasteiger partial charge on any atom is -0.412 e. The average Bonchev–Trinajstić information content (AvgIpc) is 2.68. The first-order valence-corrected chi connectivity index (χ1v) is 14.9. The highest BCUT2D eigenvalue weighted by molar-refractivity contribution is 8.13. The number of hydrogen-bond donors (Lipinski definition) is 1. The predicted molar refractivity (Wildman–Crippen MR) is 136 cm³/mol. The van der Waals surface area contributed by atoms with Crippen molar-refractivity contribution in [1.29, 1.82) is 0 Å². The van der Waals surface area contributed by atoms with Crippen LogP contribution in [0.15, 0.2) is 59.5 Å². The Morgan fingerprint density at radius 1 is 1.03 bits per heavy atom. The fourth-order valence-corrected chi connectivity index (χ4v) is 5.34. The molecule has 5 heteroatoms. The minimum atomic E-state index is -2.05. The molecule has 0 unspecified atom stereocenters. The van der Waals surface area contributed by atoms with Crippen LogP contribution in [-0.4, -0.2) is 25.6 Å². The molecule has 2 atom stereocenters. The predicted octanol–water partition coefficient (Wildman–Crippen LogP) is 6.82. The van der Waals surface area contributed by atoms with Crippen molar-refractivity contribution in [3.05, 3.63) is 65.7 Å². The molecule has 0 saturated heterocycles. The van der Waals surface area contributed by atoms with Gasteiger partial charge in [-0.15, -0.1) is 0 Å². The summed E-state index contributed by atoms with van der Waals surface area (Å²) in [4.78, 5) is 14.5. The molecule has 31 heavy (non-hydrogen) atoms. The molecule has 2 aromatic carbocycles. The van der Waals surface area contributed by atoms with Crippen molar-refractivity contribution in [3.63, 3.8) is 0 Å². The fourth-order valence-electron chi connectivity index (χ4n) is 3.05. The van der Waals surface area contributed by atoms with Crippen molar-refractivity contribution in [2.75, 3.05) is 0 Å². The molecule has 0 fully saturated rings. The van der Waals surface area contributed by atoms with Crippen LogP contribution in [0.4, 0.5) is 0 Å². The van der Waals surface area contributed by atoms with Gasteiger partial charge < -0.3 is 9.74 Å². The van der Waals surface area contributed by atoms with Gasteiger partial charge in [0.05, 0.1) is 6.10 Å². The number of carbonyl (C=O) groups is 1. The number of hydrogen-bond acceptors (Lipinski definition) is 4. The van der Waals surface area contributed by atoms with Crippen molar-refractivity contribution in [2.24, 2.45) is 5.92 Å². The van der Waals surface area contributed by atoms with Gasteiger partial charge in [0.2, 0.25) is 5.12 Å². The normalized spacial score (nSPS) is 14.5. The Balaban J connectivity index is 2.30. The molecular formula is C26H39NO2SSi. The molecule has 2 aromatic rings. The highest BCUT2D eigenvalue weighted by Gasteiger charge is 2.43. The van der Waals surface area contributed by atoms with E-state index < -0.39 is 8.32 Å². The molecule has 0 amide bonds. The third-order valence-electron chi connectivity index (χ3n) is 6.08. The Morgan fingerprint density at radius 2 is 1.61 bits per heavy atom. The highest BCUT2D eigenvalue weighted by Crippen LogP contribution is 2.39. The Morgan fingerprint density at radius 3 is 2.13 bits per heavy atom. The smallest absolute Gasteiger partial charge is 0.213 e. The zero-order valence-corrected chi connectivity index (χ0v) is 22.2. The molecule has 1 N–H and O–H groups in total. The van der Waals surface area contributed by atoms with E-state index in [0.29, 0.717) is 6.54 Å². The molecule has 0 saturated carbocycles. The Labute approximate surface area is 194 Å². The zero-order valence-electron chi connectivity index (χ0n) is 20.4. The maximum atomic E-state index is 13.5. The number of nitrogens with one attached hydrogen (secondary N) is 1. The Bertz CT molecular complexity index is 829. The lowest BCUT2D eigenvalue weighted by molar-refractivity contribution is -0.115. The summed E-state index contributed by atoms with van der Waals surface area (Å²) in [7, 11) is -2.05. The van der Waals surface area contributed by atoms with E-state index in [1.54, 1.807) is 0 Å². The lowest BCUT2D eigenvalue weighted by Crippen LogP contribution is -2.54. The van der Waals surface area contributed by atoms with Crippen molar-refractivity contribution >= 4 is 25.2 Å². The van der Waals surface area contributed by atoms with E-state index in [1.807, 2.05) is 42.5 Å². The molecule has 0 aliphatic heterocycles. The fraction of sp³-hybridized carbons (Fsp3) is 0.500. The van der Waals surface area contributed by atoms with E-state index >= 15 is 0 Å². The molecule has 0 heterocycles. The van der Waals surface area contributed by atoms with Gasteiger partial charge in [-0.3, -0.25) is 4.79 Å². The Hall–Kier alpha value is -1.40. The molecule has 0 aliphatic carbocycles. The molecule has 2 rings (SSSR count). The molecule has 170 valence electrons. The van der Waals surface area contributed by atoms with Gasteiger partial charge in [-0.1, -0.05) is 94.4 Å². The van der Waals surface area contributed by atoms with E-state index in [9.17, 15) is 4.79 Å². The van der Waals surface area contributed by atoms with Gasteiger partial charge >= 0.3 is 0 Å². The molecule has 0 radical (unpaired) electrons. The van der Waals surface area contributed by atoms with Crippen LogP contribution in [0.2, 0.25) is 18.1 Å². The van der Waals surface area contributed by atoms with Gasteiger partial charge in [0.15, 0.2) is 8.32 Å². The average molecular weight is 458 g/mol. The molecule has 0 aliphatic rings. The second kappa shape index (κ2) is 11.0. The summed E-state index contributed by atoms with van der Waals surface area (Å²) in [5.41, 5.74) is 2.35. The van der Waals surface area contributed by atoms with Crippen LogP contribution in [0.1, 0.15) is 45.7 Å². The topological polar surface area (TPSA) is 38.3 Å². The monoisotopic (exact) mass is 457 g/mol. The third kappa shape index (κ3) is 7.60. The maximum Gasteiger partial charge on any atom is 0.213 e. The van der Waals surface area contributed by atoms with Crippen LogP contribution in [0, 0.1) is 12.8 Å². The van der Waals surface area contributed by atoms with Crippen molar-refractivity contribution < 1.29 is 9.22 Å². The molecule has 0 spiro atoms. The van der Waals surface area contributed by atoms with Gasteiger partial charge in [-0.2, -0.15) is 0 Å². The van der Waals surface area contributed by atoms with E-state index in [-0.39, 0.29) is 28.2 Å². The number of rotatable bonds is 9. The van der Waals surface area contributed by atoms with Crippen LogP contribution in [0.3, 0.4) is 0 Å². The van der Waals surface area contributed by atoms with Gasteiger partial charge in [0.1, 0.15) is 6.04 Å². The first-order chi connectivity index (χ1) is 14.4. The molecule has 0 bridgehead atoms. The number of carbonyl (C=O) groups excluding carboxylic acids is 1. The number of benzene rings is 2. The van der Waals surface area contributed by atoms with Gasteiger partial charge in [0, 0.05) is 11.4 Å². The number of aryl methyl sites for hydroxylation is 1. The van der Waals surface area contributed by atoms with Crippen molar-refractivity contribution in [3.8, 4) is 0 Å². The summed E-state index contributed by atoms with van der Waals surface area (Å²) in [5.74, 6) is 0.213. The summed E-state index contributed by atoms with van der Waals surface area (Å²) in [6.07, 6.45) is -0.185. The van der Waals surface area contributed by atoms with Crippen LogP contribution < -0.4 is 5.32 Å². The third-order valence-corrected chi connectivity index (χ3v) is 11.5. The van der Waals surface area contributed by atoms with E-state index in [1.165, 1.54) is 17.3 Å². The van der Waals surface area contributed by atoms with Crippen LogP contribution in [-0.2, 0) is 15.8 Å². The second-order valence-corrected chi connectivity index (χ2v) is 16.0. The molecular weight excluding hydrogens is 418 g/mol. The second-order valence-electron chi connectivity index (χ2n) is 10.2.